The highest BCUT2D eigenvalue weighted by atomic mass is 16.5. The van der Waals surface area contributed by atoms with Crippen molar-refractivity contribution >= 4 is 11.9 Å². The molecule has 0 spiro atoms. The minimum atomic E-state index is -0.955. The Kier molecular flexibility index (Phi) is 5.39. The third-order valence-electron chi connectivity index (χ3n) is 4.26. The van der Waals surface area contributed by atoms with Gasteiger partial charge < -0.3 is 9.84 Å². The van der Waals surface area contributed by atoms with Gasteiger partial charge >= 0.3 is 11.9 Å². The van der Waals surface area contributed by atoms with Crippen LogP contribution in [0.25, 0.3) is 0 Å². The summed E-state index contributed by atoms with van der Waals surface area (Å²) >= 11 is 0. The molecule has 1 aliphatic rings. The minimum absolute atomic E-state index is 0.0438. The van der Waals surface area contributed by atoms with E-state index < -0.39 is 17.9 Å². The van der Waals surface area contributed by atoms with Gasteiger partial charge in [-0.05, 0) is 43.9 Å². The fraction of sp³-hybridized carbons (Fsp3) is 0.867. The molecule has 1 rings (SSSR count). The van der Waals surface area contributed by atoms with Crippen LogP contribution in [0.2, 0.25) is 0 Å². The van der Waals surface area contributed by atoms with Gasteiger partial charge in [0.1, 0.15) is 6.10 Å². The van der Waals surface area contributed by atoms with Crippen molar-refractivity contribution in [1.82, 2.24) is 0 Å². The fourth-order valence-corrected chi connectivity index (χ4v) is 2.58. The van der Waals surface area contributed by atoms with Crippen molar-refractivity contribution in [3.05, 3.63) is 0 Å². The van der Waals surface area contributed by atoms with Gasteiger partial charge in [0.2, 0.25) is 0 Å². The Labute approximate surface area is 115 Å². The standard InChI is InChI=1S/C15H26O4/c1-10(14(17)18)9-13(16)19-11(2)12-5-7-15(3,4)8-6-12/h10-12H,5-9H2,1-4H3,(H,17,18). The van der Waals surface area contributed by atoms with E-state index in [1.807, 2.05) is 6.92 Å². The maximum atomic E-state index is 11.7. The first kappa shape index (κ1) is 16.0. The predicted octanol–water partition coefficient (Wildman–Crippen LogP) is 3.25. The first-order valence-electron chi connectivity index (χ1n) is 7.13. The molecule has 19 heavy (non-hydrogen) atoms. The molecule has 0 amide bonds. The molecule has 110 valence electrons. The predicted molar refractivity (Wildman–Crippen MR) is 72.7 cm³/mol. The Balaban J connectivity index is 2.37. The monoisotopic (exact) mass is 270 g/mol. The second kappa shape index (κ2) is 6.40. The summed E-state index contributed by atoms with van der Waals surface area (Å²) in [5.74, 6) is -1.61. The maximum Gasteiger partial charge on any atom is 0.306 e. The van der Waals surface area contributed by atoms with Crippen molar-refractivity contribution in [2.45, 2.75) is 65.9 Å². The highest BCUT2D eigenvalue weighted by molar-refractivity contribution is 5.78. The molecule has 0 aromatic carbocycles. The van der Waals surface area contributed by atoms with Crippen LogP contribution in [0.15, 0.2) is 0 Å². The third-order valence-corrected chi connectivity index (χ3v) is 4.26. The number of carbonyl (C=O) groups is 2. The topological polar surface area (TPSA) is 63.6 Å². The van der Waals surface area contributed by atoms with Crippen molar-refractivity contribution in [2.75, 3.05) is 0 Å². The van der Waals surface area contributed by atoms with Crippen LogP contribution in [0.5, 0.6) is 0 Å². The Bertz CT molecular complexity index is 325. The number of esters is 1. The summed E-state index contributed by atoms with van der Waals surface area (Å²) in [6, 6.07) is 0. The number of rotatable bonds is 5. The van der Waals surface area contributed by atoms with Gasteiger partial charge in [-0.3, -0.25) is 9.59 Å². The molecule has 0 bridgehead atoms. The molecule has 0 aliphatic heterocycles. The van der Waals surface area contributed by atoms with E-state index in [0.717, 1.165) is 25.7 Å². The van der Waals surface area contributed by atoms with Gasteiger partial charge in [-0.25, -0.2) is 0 Å². The van der Waals surface area contributed by atoms with E-state index in [9.17, 15) is 9.59 Å². The Morgan fingerprint density at radius 3 is 2.26 bits per heavy atom. The third kappa shape index (κ3) is 5.21. The average molecular weight is 270 g/mol. The van der Waals surface area contributed by atoms with Gasteiger partial charge in [0.25, 0.3) is 0 Å². The molecule has 1 N–H and O–H groups in total. The maximum absolute atomic E-state index is 11.7. The lowest BCUT2D eigenvalue weighted by atomic mass is 9.72. The molecule has 2 unspecified atom stereocenters. The fourth-order valence-electron chi connectivity index (χ4n) is 2.58. The molecule has 4 heteroatoms. The van der Waals surface area contributed by atoms with E-state index >= 15 is 0 Å². The van der Waals surface area contributed by atoms with Crippen molar-refractivity contribution in [2.24, 2.45) is 17.3 Å². The molecule has 0 saturated heterocycles. The molecule has 1 saturated carbocycles. The molecule has 0 radical (unpaired) electrons. The Hall–Kier alpha value is -1.06. The largest absolute Gasteiger partial charge is 0.481 e. The molecular formula is C15H26O4. The summed E-state index contributed by atoms with van der Waals surface area (Å²) < 4.78 is 5.38. The van der Waals surface area contributed by atoms with Crippen LogP contribution < -0.4 is 0 Å². The van der Waals surface area contributed by atoms with Crippen LogP contribution >= 0.6 is 0 Å². The molecule has 1 aliphatic carbocycles. The zero-order valence-electron chi connectivity index (χ0n) is 12.4. The second-order valence-corrected chi connectivity index (χ2v) is 6.64. The SMILES string of the molecule is CC(CC(=O)OC(C)C1CCC(C)(C)CC1)C(=O)O. The number of carboxylic acids is 1. The zero-order valence-corrected chi connectivity index (χ0v) is 12.4. The number of hydrogen-bond donors (Lipinski definition) is 1. The van der Waals surface area contributed by atoms with Crippen molar-refractivity contribution < 1.29 is 19.4 Å². The lowest BCUT2D eigenvalue weighted by Gasteiger charge is -2.36. The minimum Gasteiger partial charge on any atom is -0.481 e. The first-order chi connectivity index (χ1) is 8.71. The molecule has 0 aromatic rings. The van der Waals surface area contributed by atoms with Crippen LogP contribution in [0.1, 0.15) is 59.8 Å². The van der Waals surface area contributed by atoms with E-state index in [0.29, 0.717) is 11.3 Å². The Morgan fingerprint density at radius 1 is 1.26 bits per heavy atom. The van der Waals surface area contributed by atoms with E-state index in [1.165, 1.54) is 6.92 Å². The highest BCUT2D eigenvalue weighted by Gasteiger charge is 2.31. The number of aliphatic carboxylic acids is 1. The Morgan fingerprint density at radius 2 is 1.79 bits per heavy atom. The van der Waals surface area contributed by atoms with Crippen LogP contribution in [0.4, 0.5) is 0 Å². The van der Waals surface area contributed by atoms with Gasteiger partial charge in [-0.2, -0.15) is 0 Å². The average Bonchev–Trinajstić information content (AvgIpc) is 2.28. The normalized spacial score (nSPS) is 22.5. The quantitative estimate of drug-likeness (QED) is 0.779. The van der Waals surface area contributed by atoms with E-state index in [2.05, 4.69) is 13.8 Å². The summed E-state index contributed by atoms with van der Waals surface area (Å²) in [5, 5.41) is 8.76. The summed E-state index contributed by atoms with van der Waals surface area (Å²) in [4.78, 5) is 22.3. The van der Waals surface area contributed by atoms with Gasteiger partial charge in [0.15, 0.2) is 0 Å². The second-order valence-electron chi connectivity index (χ2n) is 6.64. The van der Waals surface area contributed by atoms with Crippen LogP contribution in [-0.2, 0) is 14.3 Å². The van der Waals surface area contributed by atoms with Crippen molar-refractivity contribution in [3.63, 3.8) is 0 Å². The van der Waals surface area contributed by atoms with Crippen LogP contribution in [-0.4, -0.2) is 23.1 Å². The first-order valence-corrected chi connectivity index (χ1v) is 7.13. The summed E-state index contributed by atoms with van der Waals surface area (Å²) in [6.07, 6.45) is 4.32. The number of carboxylic acid groups (broad SMARTS) is 1. The van der Waals surface area contributed by atoms with Crippen LogP contribution in [0, 0.1) is 17.3 Å². The van der Waals surface area contributed by atoms with Crippen molar-refractivity contribution in [3.8, 4) is 0 Å². The molecular weight excluding hydrogens is 244 g/mol. The summed E-state index contributed by atoms with van der Waals surface area (Å²) in [5.41, 5.74) is 0.401. The van der Waals surface area contributed by atoms with Crippen molar-refractivity contribution in [1.29, 1.82) is 0 Å². The summed E-state index contributed by atoms with van der Waals surface area (Å²) in [7, 11) is 0. The van der Waals surface area contributed by atoms with E-state index in [1.54, 1.807) is 0 Å². The summed E-state index contributed by atoms with van der Waals surface area (Å²) in [6.45, 7) is 7.99. The van der Waals surface area contributed by atoms with Gasteiger partial charge in [-0.1, -0.05) is 20.8 Å². The van der Waals surface area contributed by atoms with E-state index in [4.69, 9.17) is 9.84 Å². The molecule has 0 heterocycles. The number of ether oxygens (including phenoxy) is 1. The van der Waals surface area contributed by atoms with E-state index in [-0.39, 0.29) is 12.5 Å². The lowest BCUT2D eigenvalue weighted by molar-refractivity contribution is -0.156. The number of hydrogen-bond acceptors (Lipinski definition) is 3. The smallest absolute Gasteiger partial charge is 0.306 e. The van der Waals surface area contributed by atoms with Crippen LogP contribution in [0.3, 0.4) is 0 Å². The molecule has 4 nitrogen and oxygen atoms in total. The molecule has 1 fully saturated rings. The van der Waals surface area contributed by atoms with Gasteiger partial charge in [-0.15, -0.1) is 0 Å². The molecule has 0 aromatic heterocycles. The highest BCUT2D eigenvalue weighted by Crippen LogP contribution is 2.39. The zero-order chi connectivity index (χ0) is 14.6. The molecule has 2 atom stereocenters. The lowest BCUT2D eigenvalue weighted by Crippen LogP contribution is -2.31. The number of carbonyl (C=O) groups excluding carboxylic acids is 1. The van der Waals surface area contributed by atoms with Gasteiger partial charge in [0.05, 0.1) is 12.3 Å². The van der Waals surface area contributed by atoms with Gasteiger partial charge in [0, 0.05) is 0 Å².